The van der Waals surface area contributed by atoms with Crippen molar-refractivity contribution in [3.05, 3.63) is 51.4 Å². The topological polar surface area (TPSA) is 98.3 Å². The number of rotatable bonds is 3. The number of aromatic nitrogens is 4. The summed E-state index contributed by atoms with van der Waals surface area (Å²) in [4.78, 5) is 11.5. The lowest BCUT2D eigenvalue weighted by atomic mass is 10.1. The Bertz CT molecular complexity index is 842. The summed E-state index contributed by atoms with van der Waals surface area (Å²) in [5.74, 6) is 1.05. The second kappa shape index (κ2) is 5.02. The molecular formula is C14H15N5O2. The van der Waals surface area contributed by atoms with Gasteiger partial charge in [-0.25, -0.2) is 9.89 Å². The fourth-order valence-corrected chi connectivity index (χ4v) is 2.26. The van der Waals surface area contributed by atoms with E-state index in [1.54, 1.807) is 12.1 Å². The van der Waals surface area contributed by atoms with Crippen molar-refractivity contribution in [1.29, 1.82) is 0 Å². The summed E-state index contributed by atoms with van der Waals surface area (Å²) in [7, 11) is 0. The third-order valence-corrected chi connectivity index (χ3v) is 3.21. The first-order valence-corrected chi connectivity index (χ1v) is 6.51. The van der Waals surface area contributed by atoms with E-state index in [0.717, 1.165) is 27.0 Å². The average Bonchev–Trinajstić information content (AvgIpc) is 2.84. The van der Waals surface area contributed by atoms with Gasteiger partial charge in [-0.05, 0) is 36.6 Å². The molecule has 0 saturated heterocycles. The molecule has 0 amide bonds. The summed E-state index contributed by atoms with van der Waals surface area (Å²) in [5.41, 5.74) is 8.69. The van der Waals surface area contributed by atoms with E-state index in [-0.39, 0.29) is 0 Å². The number of nitrogens with one attached hydrogen (secondary N) is 1. The Kier molecular flexibility index (Phi) is 3.19. The van der Waals surface area contributed by atoms with Crippen molar-refractivity contribution in [3.63, 3.8) is 0 Å². The van der Waals surface area contributed by atoms with Crippen molar-refractivity contribution in [2.45, 2.75) is 20.4 Å². The SMILES string of the molecule is Cc1cc(CN)cc(C)c1Oc1ccc2n[nH]c(=O)n2n1. The number of hydrogen-bond donors (Lipinski definition) is 2. The predicted octanol–water partition coefficient (Wildman–Crippen LogP) is 1.29. The zero-order valence-electron chi connectivity index (χ0n) is 11.8. The van der Waals surface area contributed by atoms with Crippen LogP contribution in [0, 0.1) is 13.8 Å². The monoisotopic (exact) mass is 285 g/mol. The first-order valence-electron chi connectivity index (χ1n) is 6.51. The Morgan fingerprint density at radius 3 is 2.67 bits per heavy atom. The number of benzene rings is 1. The number of nitrogens with zero attached hydrogens (tertiary/aromatic N) is 3. The van der Waals surface area contributed by atoms with Crippen molar-refractivity contribution in [1.82, 2.24) is 19.8 Å². The van der Waals surface area contributed by atoms with Gasteiger partial charge in [-0.3, -0.25) is 0 Å². The van der Waals surface area contributed by atoms with Crippen LogP contribution in [0.25, 0.3) is 5.65 Å². The molecule has 0 radical (unpaired) electrons. The second-order valence-electron chi connectivity index (χ2n) is 4.84. The highest BCUT2D eigenvalue weighted by molar-refractivity contribution is 5.45. The number of aryl methyl sites for hydroxylation is 2. The Morgan fingerprint density at radius 1 is 1.29 bits per heavy atom. The number of hydrogen-bond acceptors (Lipinski definition) is 5. The Hall–Kier alpha value is -2.67. The highest BCUT2D eigenvalue weighted by Crippen LogP contribution is 2.28. The predicted molar refractivity (Wildman–Crippen MR) is 77.5 cm³/mol. The zero-order valence-corrected chi connectivity index (χ0v) is 11.8. The van der Waals surface area contributed by atoms with Gasteiger partial charge in [0.25, 0.3) is 0 Å². The van der Waals surface area contributed by atoms with Crippen LogP contribution >= 0.6 is 0 Å². The summed E-state index contributed by atoms with van der Waals surface area (Å²) in [5, 5.41) is 10.3. The van der Waals surface area contributed by atoms with Crippen LogP contribution in [0.15, 0.2) is 29.1 Å². The largest absolute Gasteiger partial charge is 0.437 e. The molecule has 0 bridgehead atoms. The van der Waals surface area contributed by atoms with Crippen LogP contribution in [0.3, 0.4) is 0 Å². The molecule has 3 N–H and O–H groups in total. The summed E-state index contributed by atoms with van der Waals surface area (Å²) in [6.07, 6.45) is 0. The van der Waals surface area contributed by atoms with Gasteiger partial charge in [0.05, 0.1) is 0 Å². The smallest absolute Gasteiger partial charge is 0.364 e. The first-order chi connectivity index (χ1) is 10.1. The lowest BCUT2D eigenvalue weighted by Crippen LogP contribution is -2.12. The van der Waals surface area contributed by atoms with E-state index in [2.05, 4.69) is 15.3 Å². The number of ether oxygens (including phenoxy) is 1. The fraction of sp³-hybridized carbons (Fsp3) is 0.214. The van der Waals surface area contributed by atoms with Crippen molar-refractivity contribution in [3.8, 4) is 11.6 Å². The molecule has 3 rings (SSSR count). The zero-order chi connectivity index (χ0) is 15.0. The molecule has 0 atom stereocenters. The summed E-state index contributed by atoms with van der Waals surface area (Å²) in [6, 6.07) is 7.29. The van der Waals surface area contributed by atoms with Crippen LogP contribution in [0.5, 0.6) is 11.6 Å². The van der Waals surface area contributed by atoms with Gasteiger partial charge in [-0.1, -0.05) is 12.1 Å². The average molecular weight is 285 g/mol. The van der Waals surface area contributed by atoms with Crippen LogP contribution in [0.4, 0.5) is 0 Å². The van der Waals surface area contributed by atoms with Crippen molar-refractivity contribution in [2.24, 2.45) is 5.73 Å². The van der Waals surface area contributed by atoms with Crippen molar-refractivity contribution < 1.29 is 4.74 Å². The van der Waals surface area contributed by atoms with Gasteiger partial charge >= 0.3 is 5.69 Å². The number of aromatic amines is 1. The molecular weight excluding hydrogens is 270 g/mol. The summed E-state index contributed by atoms with van der Waals surface area (Å²) < 4.78 is 6.98. The van der Waals surface area contributed by atoms with Gasteiger partial charge in [-0.15, -0.1) is 5.10 Å². The molecule has 21 heavy (non-hydrogen) atoms. The maximum absolute atomic E-state index is 11.5. The molecule has 0 aliphatic carbocycles. The van der Waals surface area contributed by atoms with Gasteiger partial charge in [-0.2, -0.15) is 9.61 Å². The minimum Gasteiger partial charge on any atom is -0.437 e. The lowest BCUT2D eigenvalue weighted by Gasteiger charge is -2.12. The first kappa shape index (κ1) is 13.3. The molecule has 1 aromatic carbocycles. The molecule has 0 saturated carbocycles. The van der Waals surface area contributed by atoms with Crippen molar-refractivity contribution in [2.75, 3.05) is 0 Å². The number of H-pyrrole nitrogens is 1. The quantitative estimate of drug-likeness (QED) is 0.755. The standard InChI is InChI=1S/C14H15N5O2/c1-8-5-10(7-15)6-9(2)13(8)21-12-4-3-11-16-17-14(20)19(11)18-12/h3-6H,7,15H2,1-2H3,(H,17,20). The van der Waals surface area contributed by atoms with Gasteiger partial charge in [0, 0.05) is 12.6 Å². The van der Waals surface area contributed by atoms with E-state index < -0.39 is 5.69 Å². The molecule has 7 heteroatoms. The molecule has 2 heterocycles. The van der Waals surface area contributed by atoms with Crippen LogP contribution in [-0.4, -0.2) is 19.8 Å². The third-order valence-electron chi connectivity index (χ3n) is 3.21. The highest BCUT2D eigenvalue weighted by atomic mass is 16.5. The van der Waals surface area contributed by atoms with Crippen LogP contribution in [0.1, 0.15) is 16.7 Å². The van der Waals surface area contributed by atoms with E-state index in [0.29, 0.717) is 18.1 Å². The normalized spacial score (nSPS) is 11.0. The summed E-state index contributed by atoms with van der Waals surface area (Å²) >= 11 is 0. The van der Waals surface area contributed by atoms with E-state index >= 15 is 0 Å². The lowest BCUT2D eigenvalue weighted by molar-refractivity contribution is 0.445. The van der Waals surface area contributed by atoms with Crippen LogP contribution in [-0.2, 0) is 6.54 Å². The summed E-state index contributed by atoms with van der Waals surface area (Å²) in [6.45, 7) is 4.38. The molecule has 3 aromatic rings. The van der Waals surface area contributed by atoms with Gasteiger partial charge in [0.15, 0.2) is 5.65 Å². The molecule has 0 aliphatic rings. The Labute approximate surface area is 120 Å². The molecule has 0 spiro atoms. The molecule has 0 unspecified atom stereocenters. The Balaban J connectivity index is 2.02. The van der Waals surface area contributed by atoms with E-state index in [1.807, 2.05) is 26.0 Å². The van der Waals surface area contributed by atoms with Crippen LogP contribution in [0.2, 0.25) is 0 Å². The molecule has 7 nitrogen and oxygen atoms in total. The van der Waals surface area contributed by atoms with E-state index in [9.17, 15) is 4.79 Å². The highest BCUT2D eigenvalue weighted by Gasteiger charge is 2.10. The fourth-order valence-electron chi connectivity index (χ4n) is 2.26. The minimum atomic E-state index is -0.401. The maximum atomic E-state index is 11.5. The maximum Gasteiger partial charge on any atom is 0.364 e. The van der Waals surface area contributed by atoms with E-state index in [4.69, 9.17) is 10.5 Å². The van der Waals surface area contributed by atoms with Gasteiger partial charge in [0.1, 0.15) is 5.75 Å². The number of nitrogens with two attached hydrogens (primary N) is 1. The second-order valence-corrected chi connectivity index (χ2v) is 4.84. The van der Waals surface area contributed by atoms with Gasteiger partial charge < -0.3 is 10.5 Å². The third kappa shape index (κ3) is 2.38. The van der Waals surface area contributed by atoms with E-state index in [1.165, 1.54) is 0 Å². The van der Waals surface area contributed by atoms with Crippen molar-refractivity contribution >= 4 is 5.65 Å². The molecule has 0 aliphatic heterocycles. The minimum absolute atomic E-state index is 0.331. The molecule has 108 valence electrons. The number of fused-ring (bicyclic) bond motifs is 1. The molecule has 0 fully saturated rings. The van der Waals surface area contributed by atoms with Gasteiger partial charge in [0.2, 0.25) is 5.88 Å². The van der Waals surface area contributed by atoms with Crippen LogP contribution < -0.4 is 16.2 Å². The Morgan fingerprint density at radius 2 is 2.00 bits per heavy atom. The molecule has 2 aromatic heterocycles.